The summed E-state index contributed by atoms with van der Waals surface area (Å²) in [4.78, 5) is 4.49. The van der Waals surface area contributed by atoms with E-state index in [1.54, 1.807) is 6.92 Å². The van der Waals surface area contributed by atoms with Gasteiger partial charge < -0.3 is 9.52 Å². The zero-order chi connectivity index (χ0) is 15.4. The van der Waals surface area contributed by atoms with Gasteiger partial charge in [0.2, 0.25) is 11.8 Å². The lowest BCUT2D eigenvalue weighted by molar-refractivity contribution is 0.0760. The first kappa shape index (κ1) is 16.1. The Morgan fingerprint density at radius 1 is 1.43 bits per heavy atom. The van der Waals surface area contributed by atoms with Crippen molar-refractivity contribution in [1.29, 1.82) is 0 Å². The van der Waals surface area contributed by atoms with Crippen molar-refractivity contribution in [1.82, 2.24) is 20.0 Å². The molecule has 2 rings (SSSR count). The van der Waals surface area contributed by atoms with Crippen LogP contribution in [0.2, 0.25) is 0 Å². The summed E-state index contributed by atoms with van der Waals surface area (Å²) in [5, 5.41) is 18.2. The van der Waals surface area contributed by atoms with Crippen LogP contribution in [0, 0.1) is 6.92 Å². The molecule has 0 saturated carbocycles. The molecule has 0 aromatic carbocycles. The SMILES string of the molecule is CCN(Cc1nnc(C)o1)[C@@H]1CN(CC=C(C)C)C[C@H]1O. The largest absolute Gasteiger partial charge is 0.424 e. The first-order chi connectivity index (χ1) is 9.99. The van der Waals surface area contributed by atoms with Gasteiger partial charge >= 0.3 is 0 Å². The molecule has 1 saturated heterocycles. The first-order valence-corrected chi connectivity index (χ1v) is 7.56. The molecule has 6 nitrogen and oxygen atoms in total. The number of allylic oxidation sites excluding steroid dienone is 1. The minimum atomic E-state index is -0.334. The van der Waals surface area contributed by atoms with E-state index in [-0.39, 0.29) is 12.1 Å². The zero-order valence-corrected chi connectivity index (χ0v) is 13.4. The molecule has 0 unspecified atom stereocenters. The Bertz CT molecular complexity index is 482. The molecule has 1 fully saturated rings. The van der Waals surface area contributed by atoms with Gasteiger partial charge in [0.05, 0.1) is 18.7 Å². The average Bonchev–Trinajstić information content (AvgIpc) is 3.00. The van der Waals surface area contributed by atoms with Crippen molar-refractivity contribution in [3.05, 3.63) is 23.4 Å². The summed E-state index contributed by atoms with van der Waals surface area (Å²) in [6.45, 7) is 12.0. The molecule has 1 aliphatic rings. The number of aromatic nitrogens is 2. The number of hydrogen-bond acceptors (Lipinski definition) is 6. The van der Waals surface area contributed by atoms with Crippen LogP contribution in [0.5, 0.6) is 0 Å². The summed E-state index contributed by atoms with van der Waals surface area (Å²) in [6.07, 6.45) is 1.87. The number of aryl methyl sites for hydroxylation is 1. The molecular weight excluding hydrogens is 268 g/mol. The average molecular weight is 294 g/mol. The van der Waals surface area contributed by atoms with Gasteiger partial charge in [0, 0.05) is 26.6 Å². The van der Waals surface area contributed by atoms with Gasteiger partial charge in [0.15, 0.2) is 0 Å². The first-order valence-electron chi connectivity index (χ1n) is 7.56. The summed E-state index contributed by atoms with van der Waals surface area (Å²) in [7, 11) is 0. The van der Waals surface area contributed by atoms with Gasteiger partial charge in [-0.2, -0.15) is 0 Å². The van der Waals surface area contributed by atoms with Crippen LogP contribution in [-0.2, 0) is 6.54 Å². The molecule has 0 spiro atoms. The predicted octanol–water partition coefficient (Wildman–Crippen LogP) is 1.21. The number of aliphatic hydroxyl groups excluding tert-OH is 1. The van der Waals surface area contributed by atoms with Gasteiger partial charge in [-0.15, -0.1) is 10.2 Å². The van der Waals surface area contributed by atoms with E-state index in [9.17, 15) is 5.11 Å². The van der Waals surface area contributed by atoms with Crippen molar-refractivity contribution in [3.63, 3.8) is 0 Å². The van der Waals surface area contributed by atoms with Crippen LogP contribution in [0.1, 0.15) is 32.6 Å². The molecule has 0 amide bonds. The minimum absolute atomic E-state index is 0.118. The highest BCUT2D eigenvalue weighted by atomic mass is 16.4. The van der Waals surface area contributed by atoms with Crippen molar-refractivity contribution >= 4 is 0 Å². The van der Waals surface area contributed by atoms with E-state index in [1.807, 2.05) is 0 Å². The summed E-state index contributed by atoms with van der Waals surface area (Å²) in [5.74, 6) is 1.20. The molecule has 0 aliphatic carbocycles. The monoisotopic (exact) mass is 294 g/mol. The van der Waals surface area contributed by atoms with E-state index < -0.39 is 0 Å². The van der Waals surface area contributed by atoms with Crippen molar-refractivity contribution in [2.45, 2.75) is 46.4 Å². The summed E-state index contributed by atoms with van der Waals surface area (Å²) >= 11 is 0. The highest BCUT2D eigenvalue weighted by molar-refractivity contribution is 4.99. The van der Waals surface area contributed by atoms with Gasteiger partial charge in [-0.25, -0.2) is 0 Å². The number of β-amino-alcohol motifs (C(OH)–C–C–N with tert-alkyl or cyclic N) is 1. The third kappa shape index (κ3) is 4.36. The lowest BCUT2D eigenvalue weighted by Crippen LogP contribution is -2.42. The van der Waals surface area contributed by atoms with Crippen LogP contribution in [0.25, 0.3) is 0 Å². The standard InChI is InChI=1S/C15H26N4O2/c1-5-19(10-15-17-16-12(4)21-15)13-8-18(9-14(13)20)7-6-11(2)3/h6,13-14,20H,5,7-10H2,1-4H3/t13-,14-/m1/s1. The Hall–Kier alpha value is -1.24. The number of nitrogens with zero attached hydrogens (tertiary/aromatic N) is 4. The van der Waals surface area contributed by atoms with E-state index >= 15 is 0 Å². The fourth-order valence-corrected chi connectivity index (χ4v) is 2.71. The van der Waals surface area contributed by atoms with E-state index in [1.165, 1.54) is 5.57 Å². The Labute approximate surface area is 126 Å². The van der Waals surface area contributed by atoms with E-state index in [4.69, 9.17) is 4.42 Å². The molecule has 0 radical (unpaired) electrons. The van der Waals surface area contributed by atoms with E-state index in [0.29, 0.717) is 24.9 Å². The van der Waals surface area contributed by atoms with Gasteiger partial charge in [0.25, 0.3) is 0 Å². The molecule has 21 heavy (non-hydrogen) atoms. The highest BCUT2D eigenvalue weighted by Crippen LogP contribution is 2.18. The summed E-state index contributed by atoms with van der Waals surface area (Å²) in [5.41, 5.74) is 1.31. The fourth-order valence-electron chi connectivity index (χ4n) is 2.71. The quantitative estimate of drug-likeness (QED) is 0.796. The second kappa shape index (κ2) is 7.15. The molecule has 1 aromatic heterocycles. The Balaban J connectivity index is 1.96. The normalized spacial score (nSPS) is 23.0. The molecule has 0 bridgehead atoms. The van der Waals surface area contributed by atoms with E-state index in [2.05, 4.69) is 46.8 Å². The minimum Gasteiger partial charge on any atom is -0.424 e. The number of likely N-dealkylation sites (N-methyl/N-ethyl adjacent to an activating group) is 1. The lowest BCUT2D eigenvalue weighted by atomic mass is 10.2. The van der Waals surface area contributed by atoms with Crippen LogP contribution in [0.15, 0.2) is 16.1 Å². The molecule has 2 heterocycles. The second-order valence-corrected chi connectivity index (χ2v) is 5.91. The number of hydrogen-bond donors (Lipinski definition) is 1. The summed E-state index contributed by atoms with van der Waals surface area (Å²) in [6, 6.07) is 0.118. The van der Waals surface area contributed by atoms with Crippen LogP contribution in [-0.4, -0.2) is 63.4 Å². The number of rotatable bonds is 6. The Kier molecular flexibility index (Phi) is 5.50. The maximum Gasteiger partial charge on any atom is 0.230 e. The zero-order valence-electron chi connectivity index (χ0n) is 13.4. The fraction of sp³-hybridized carbons (Fsp3) is 0.733. The third-order valence-corrected chi connectivity index (χ3v) is 3.87. The van der Waals surface area contributed by atoms with Crippen molar-refractivity contribution in [2.75, 3.05) is 26.2 Å². The Morgan fingerprint density at radius 2 is 2.19 bits per heavy atom. The molecular formula is C15H26N4O2. The van der Waals surface area contributed by atoms with Crippen LogP contribution >= 0.6 is 0 Å². The Morgan fingerprint density at radius 3 is 2.76 bits per heavy atom. The van der Waals surface area contributed by atoms with Crippen LogP contribution in [0.4, 0.5) is 0 Å². The van der Waals surface area contributed by atoms with E-state index in [0.717, 1.165) is 19.6 Å². The maximum atomic E-state index is 10.3. The number of aliphatic hydroxyl groups is 1. The van der Waals surface area contributed by atoms with Gasteiger partial charge in [-0.3, -0.25) is 9.80 Å². The number of likely N-dealkylation sites (tertiary alicyclic amines) is 1. The summed E-state index contributed by atoms with van der Waals surface area (Å²) < 4.78 is 5.45. The van der Waals surface area contributed by atoms with Gasteiger partial charge in [0.1, 0.15) is 0 Å². The molecule has 2 atom stereocenters. The molecule has 1 aromatic rings. The van der Waals surface area contributed by atoms with Crippen molar-refractivity contribution in [2.24, 2.45) is 0 Å². The predicted molar refractivity (Wildman–Crippen MR) is 80.8 cm³/mol. The second-order valence-electron chi connectivity index (χ2n) is 5.91. The van der Waals surface area contributed by atoms with Gasteiger partial charge in [-0.05, 0) is 20.4 Å². The van der Waals surface area contributed by atoms with Gasteiger partial charge in [-0.1, -0.05) is 18.6 Å². The molecule has 1 aliphatic heterocycles. The third-order valence-electron chi connectivity index (χ3n) is 3.87. The molecule has 118 valence electrons. The maximum absolute atomic E-state index is 10.3. The van der Waals surface area contributed by atoms with Crippen molar-refractivity contribution < 1.29 is 9.52 Å². The smallest absolute Gasteiger partial charge is 0.230 e. The van der Waals surface area contributed by atoms with Crippen LogP contribution in [0.3, 0.4) is 0 Å². The topological polar surface area (TPSA) is 65.6 Å². The lowest BCUT2D eigenvalue weighted by Gasteiger charge is -2.28. The molecule has 1 N–H and O–H groups in total. The molecule has 6 heteroatoms. The van der Waals surface area contributed by atoms with Crippen molar-refractivity contribution in [3.8, 4) is 0 Å². The van der Waals surface area contributed by atoms with Crippen LogP contribution < -0.4 is 0 Å². The highest BCUT2D eigenvalue weighted by Gasteiger charge is 2.35.